The molecule has 640 valence electrons. The van der Waals surface area contributed by atoms with Gasteiger partial charge in [0, 0.05) is 68.3 Å². The zero-order chi connectivity index (χ0) is 88.0. The summed E-state index contributed by atoms with van der Waals surface area (Å²) in [5.74, 6) is 3.71. The van der Waals surface area contributed by atoms with Crippen LogP contribution in [-0.2, 0) is 20.1 Å². The average molecular weight is 1840 g/mol. The molecule has 0 radical (unpaired) electrons. The Bertz CT molecular complexity index is 8670. The van der Waals surface area contributed by atoms with Gasteiger partial charge in [-0.05, 0) is 244 Å². The van der Waals surface area contributed by atoms with Crippen molar-refractivity contribution in [1.29, 1.82) is 0 Å². The molecule has 1 saturated heterocycles. The molecule has 1 aliphatic heterocycles. The highest BCUT2D eigenvalue weighted by Gasteiger charge is 2.52. The maximum Gasteiger partial charge on any atom is 0.495 e. The fraction of sp³-hybridized carbons (Fsp3) is 0.0909. The van der Waals surface area contributed by atoms with E-state index < -0.39 is 10.8 Å². The number of hydrogen-bond donors (Lipinski definition) is 0. The molecule has 0 aliphatic carbocycles. The highest BCUT2D eigenvalue weighted by molar-refractivity contribution is 9.10. The molecule has 0 saturated carbocycles. The fourth-order valence-corrected chi connectivity index (χ4v) is 21.6. The van der Waals surface area contributed by atoms with Crippen LogP contribution in [0.2, 0.25) is 0 Å². The number of para-hydroxylation sites is 12. The number of imidazole rings is 8. The number of thiophene rings is 1. The molecule has 10 heterocycles. The summed E-state index contributed by atoms with van der Waals surface area (Å²) in [5, 5.41) is 2.63. The van der Waals surface area contributed by atoms with E-state index >= 15 is 0 Å². The lowest BCUT2D eigenvalue weighted by Crippen LogP contribution is -2.41. The van der Waals surface area contributed by atoms with Gasteiger partial charge in [0.25, 0.3) is 0 Å². The fourth-order valence-electron chi connectivity index (χ4n) is 18.1. The first kappa shape index (κ1) is 84.0. The van der Waals surface area contributed by atoms with Crippen LogP contribution in [0.5, 0.6) is 0 Å². The summed E-state index contributed by atoms with van der Waals surface area (Å²) < 4.78 is 46.1. The standard InChI is InChI=1S/C26H19N3OS.C26H19N3S.C25H15N3S.C19H12BrN3.C13H19BO2S.CH4/c1-31(30)25-14-8-5-11-20(25)18-15-16-23-24(17-18)29-22-13-7-6-12-21(22)27-26(29)28(23)19-9-3-2-4-10-19;1-30-25-14-8-5-11-20(25)18-15-16-23-24(17-18)29-22-13-7-6-12-21(22)27-26(29)28(23)19-9-3-2-4-10-19;1-2-8-16(9-3-1)27-22-15-24-18(17-10-4-7-13-23(17)29-24)14-21(22)28-20-12-6-5-11-19(20)26-25(27)28;20-13-10-11-17-18(12-13)23-16-9-5-4-8-15(16)21-19(23)22(17)14-6-2-1-3-7-14;1-12(2)13(3,4)16-14(15-12)10-8-6-7-9-11(10)17-5;/h2-17H,1H3;2-17H,1H3;1-15H;1-12H;6-9H,1-5H3;1H4. The summed E-state index contributed by atoms with van der Waals surface area (Å²) in [4.78, 5) is 23.1. The maximum absolute atomic E-state index is 12.3. The van der Waals surface area contributed by atoms with E-state index in [1.165, 1.54) is 52.1 Å². The third kappa shape index (κ3) is 14.8. The van der Waals surface area contributed by atoms with Crippen molar-refractivity contribution in [2.45, 2.75) is 61.0 Å². The van der Waals surface area contributed by atoms with Gasteiger partial charge in [0.15, 0.2) is 0 Å². The van der Waals surface area contributed by atoms with E-state index in [2.05, 4.69) is 377 Å². The van der Waals surface area contributed by atoms with Crippen molar-refractivity contribution in [2.24, 2.45) is 0 Å². The molecule has 21 heteroatoms. The summed E-state index contributed by atoms with van der Waals surface area (Å²) in [6, 6.07) is 132. The number of hydrogen-bond acceptors (Lipinski definition) is 10. The Morgan fingerprint density at radius 2 is 0.679 bits per heavy atom. The van der Waals surface area contributed by atoms with E-state index in [-0.39, 0.29) is 25.7 Å². The van der Waals surface area contributed by atoms with Gasteiger partial charge >= 0.3 is 7.12 Å². The number of thioether (sulfide) groups is 2. The Balaban J connectivity index is 0.000000100. The summed E-state index contributed by atoms with van der Waals surface area (Å²) in [6.07, 6.45) is 5.93. The van der Waals surface area contributed by atoms with Crippen LogP contribution in [0, 0.1) is 0 Å². The molecule has 16 aromatic carbocycles. The number of rotatable bonds is 10. The maximum atomic E-state index is 12.3. The predicted octanol–water partition coefficient (Wildman–Crippen LogP) is 28.0. The topological polar surface area (TPSA) is 124 Å². The molecule has 1 aliphatic rings. The number of fused-ring (bicyclic) bond motifs is 23. The molecule has 0 N–H and O–H groups in total. The Morgan fingerprint density at radius 1 is 0.328 bits per heavy atom. The molecule has 25 aromatic rings. The molecule has 15 nitrogen and oxygen atoms in total. The van der Waals surface area contributed by atoms with Crippen LogP contribution in [0.25, 0.3) is 177 Å². The normalized spacial score (nSPS) is 13.2. The molecule has 0 amide bonds. The van der Waals surface area contributed by atoms with E-state index in [0.29, 0.717) is 0 Å². The van der Waals surface area contributed by atoms with Crippen LogP contribution in [0.15, 0.2) is 401 Å². The monoisotopic (exact) mass is 1840 g/mol. The summed E-state index contributed by atoms with van der Waals surface area (Å²) in [5.41, 5.74) is 27.1. The van der Waals surface area contributed by atoms with Crippen LogP contribution in [-0.4, -0.2) is 97.1 Å². The molecule has 26 rings (SSSR count). The van der Waals surface area contributed by atoms with Crippen molar-refractivity contribution in [3.05, 3.63) is 387 Å². The van der Waals surface area contributed by atoms with E-state index in [1.807, 2.05) is 108 Å². The van der Waals surface area contributed by atoms with Gasteiger partial charge in [-0.2, -0.15) is 0 Å². The number of benzene rings is 16. The van der Waals surface area contributed by atoms with Gasteiger partial charge in [-0.15, -0.1) is 34.9 Å². The molecule has 131 heavy (non-hydrogen) atoms. The van der Waals surface area contributed by atoms with Crippen LogP contribution in [0.1, 0.15) is 35.1 Å². The summed E-state index contributed by atoms with van der Waals surface area (Å²) in [6.45, 7) is 8.31. The zero-order valence-corrected chi connectivity index (χ0v) is 76.9. The molecule has 1 unspecified atom stereocenters. The Labute approximate surface area is 780 Å². The minimum atomic E-state index is -1.07. The number of halogens is 1. The SMILES string of the molecule is Brc1ccc2c(c1)n1c3ccccc3nc1n2-c1ccccc1.C.CS(=O)c1ccccc1-c1ccc2c(c1)n1c3ccccc3nc1n2-c1ccccc1.CSc1ccccc1-c1ccc2c(c1)n1c3ccccc3nc1n2-c1ccccc1.CSc1ccccc1B1OC(C)(C)C(C)(C)O1.c1ccc(-n2c3cc4sc5ccccc5c4cc3n3c4ccccc4nc23)cc1. The molecule has 9 aromatic heterocycles. The zero-order valence-electron chi connectivity index (χ0n) is 72.1. The van der Waals surface area contributed by atoms with E-state index in [1.54, 1.807) is 29.8 Å². The van der Waals surface area contributed by atoms with Crippen LogP contribution in [0.3, 0.4) is 0 Å². The van der Waals surface area contributed by atoms with Gasteiger partial charge in [0.05, 0.1) is 110 Å². The molecule has 1 fully saturated rings. The summed E-state index contributed by atoms with van der Waals surface area (Å²) in [7, 11) is -1.33. The third-order valence-electron chi connectivity index (χ3n) is 24.9. The highest BCUT2D eigenvalue weighted by atomic mass is 79.9. The van der Waals surface area contributed by atoms with Crippen LogP contribution < -0.4 is 5.46 Å². The van der Waals surface area contributed by atoms with E-state index in [4.69, 9.17) is 29.2 Å². The molecule has 1 atom stereocenters. The largest absolute Gasteiger partial charge is 0.495 e. The first-order valence-corrected chi connectivity index (χ1v) is 48.7. The number of aromatic nitrogens is 12. The lowest BCUT2D eigenvalue weighted by molar-refractivity contribution is 0.00578. The van der Waals surface area contributed by atoms with Crippen LogP contribution >= 0.6 is 50.8 Å². The minimum Gasteiger partial charge on any atom is -0.399 e. The van der Waals surface area contributed by atoms with Crippen molar-refractivity contribution in [2.75, 3.05) is 18.8 Å². The first-order valence-electron chi connectivity index (χ1n) is 43.1. The van der Waals surface area contributed by atoms with Crippen molar-refractivity contribution in [3.8, 4) is 45.0 Å². The van der Waals surface area contributed by atoms with Gasteiger partial charge in [0.1, 0.15) is 0 Å². The summed E-state index contributed by atoms with van der Waals surface area (Å²) >= 11 is 8.95. The van der Waals surface area contributed by atoms with Gasteiger partial charge in [-0.3, -0.25) is 40.1 Å². The van der Waals surface area contributed by atoms with Crippen LogP contribution in [0.4, 0.5) is 0 Å². The van der Waals surface area contributed by atoms with Crippen molar-refractivity contribution in [1.82, 2.24) is 55.8 Å². The molecular weight excluding hydrogens is 1760 g/mol. The lowest BCUT2D eigenvalue weighted by atomic mass is 9.79. The van der Waals surface area contributed by atoms with Gasteiger partial charge in [-0.1, -0.05) is 230 Å². The van der Waals surface area contributed by atoms with E-state index in [0.717, 1.165) is 149 Å². The predicted molar refractivity (Wildman–Crippen MR) is 554 cm³/mol. The lowest BCUT2D eigenvalue weighted by Gasteiger charge is -2.32. The van der Waals surface area contributed by atoms with Gasteiger partial charge in [-0.25, -0.2) is 19.9 Å². The molecular formula is C110H88BBrN12O3S4. The smallest absolute Gasteiger partial charge is 0.399 e. The quantitative estimate of drug-likeness (QED) is 0.0972. The second-order valence-corrected chi connectivity index (χ2v) is 38.1. The second-order valence-electron chi connectivity index (χ2n) is 33.1. The molecule has 0 bridgehead atoms. The molecule has 0 spiro atoms. The first-order chi connectivity index (χ1) is 63.6. The van der Waals surface area contributed by atoms with Gasteiger partial charge < -0.3 is 9.31 Å². The van der Waals surface area contributed by atoms with Crippen molar-refractivity contribution >= 4 is 206 Å². The van der Waals surface area contributed by atoms with Gasteiger partial charge in [0.2, 0.25) is 23.1 Å². The van der Waals surface area contributed by atoms with Crippen molar-refractivity contribution < 1.29 is 13.5 Å². The Hall–Kier alpha value is -13.9. The van der Waals surface area contributed by atoms with E-state index in [9.17, 15) is 4.21 Å². The number of nitrogens with zero attached hydrogens (tertiary/aromatic N) is 12. The Morgan fingerprint density at radius 3 is 1.13 bits per heavy atom. The Kier molecular flexibility index (Phi) is 22.1. The minimum absolute atomic E-state index is 0. The highest BCUT2D eigenvalue weighted by Crippen LogP contribution is 2.43. The average Bonchev–Trinajstić information content (AvgIpc) is 1.57. The van der Waals surface area contributed by atoms with Crippen molar-refractivity contribution in [3.63, 3.8) is 0 Å². The third-order valence-corrected chi connectivity index (χ3v) is 29.1. The second kappa shape index (κ2) is 34.5.